The van der Waals surface area contributed by atoms with Crippen molar-refractivity contribution in [2.75, 3.05) is 18.1 Å². The standard InChI is InChI=1S/C5H9NO2S/c1-6-2-3-9-4-5(7)8/h1-4H2,(H,7,8). The minimum absolute atomic E-state index is 0.162. The highest BCUT2D eigenvalue weighted by molar-refractivity contribution is 7.99. The summed E-state index contributed by atoms with van der Waals surface area (Å²) in [5.41, 5.74) is 0. The van der Waals surface area contributed by atoms with Crippen LogP contribution in [0.3, 0.4) is 0 Å². The molecule has 0 saturated heterocycles. The number of aliphatic imine (C=N–C) groups is 1. The Kier molecular flexibility index (Phi) is 5.30. The van der Waals surface area contributed by atoms with Crippen molar-refractivity contribution in [2.24, 2.45) is 4.99 Å². The molecule has 0 radical (unpaired) electrons. The molecule has 0 aliphatic carbocycles. The zero-order chi connectivity index (χ0) is 7.11. The van der Waals surface area contributed by atoms with Gasteiger partial charge in [0.25, 0.3) is 0 Å². The summed E-state index contributed by atoms with van der Waals surface area (Å²) in [6.45, 7) is 3.90. The Balaban J connectivity index is 2.91. The zero-order valence-corrected chi connectivity index (χ0v) is 5.86. The molecule has 0 bridgehead atoms. The van der Waals surface area contributed by atoms with E-state index in [9.17, 15) is 4.79 Å². The van der Waals surface area contributed by atoms with Gasteiger partial charge in [0.2, 0.25) is 0 Å². The van der Waals surface area contributed by atoms with Crippen molar-refractivity contribution in [3.8, 4) is 0 Å². The minimum Gasteiger partial charge on any atom is -0.481 e. The fourth-order valence-corrected chi connectivity index (χ4v) is 0.866. The van der Waals surface area contributed by atoms with Gasteiger partial charge in [0.05, 0.1) is 5.75 Å². The summed E-state index contributed by atoms with van der Waals surface area (Å²) in [7, 11) is 0. The topological polar surface area (TPSA) is 49.7 Å². The second kappa shape index (κ2) is 5.62. The van der Waals surface area contributed by atoms with E-state index >= 15 is 0 Å². The Bertz CT molecular complexity index is 105. The molecule has 1 N–H and O–H groups in total. The largest absolute Gasteiger partial charge is 0.481 e. The van der Waals surface area contributed by atoms with E-state index < -0.39 is 5.97 Å². The van der Waals surface area contributed by atoms with E-state index in [1.54, 1.807) is 0 Å². The molecule has 0 aliphatic heterocycles. The van der Waals surface area contributed by atoms with Crippen LogP contribution in [0, 0.1) is 0 Å². The maximum Gasteiger partial charge on any atom is 0.313 e. The number of thioether (sulfide) groups is 1. The molecule has 0 rings (SSSR count). The van der Waals surface area contributed by atoms with Crippen molar-refractivity contribution in [3.05, 3.63) is 0 Å². The van der Waals surface area contributed by atoms with Crippen LogP contribution in [0.4, 0.5) is 0 Å². The maximum absolute atomic E-state index is 9.90. The van der Waals surface area contributed by atoms with Gasteiger partial charge in [0.15, 0.2) is 0 Å². The van der Waals surface area contributed by atoms with Crippen LogP contribution in [0.15, 0.2) is 4.99 Å². The summed E-state index contributed by atoms with van der Waals surface area (Å²) in [4.78, 5) is 13.5. The van der Waals surface area contributed by atoms with E-state index in [0.29, 0.717) is 6.54 Å². The molecular formula is C5H9NO2S. The fraction of sp³-hybridized carbons (Fsp3) is 0.600. The molecule has 0 saturated carbocycles. The quantitative estimate of drug-likeness (QED) is 0.455. The van der Waals surface area contributed by atoms with Gasteiger partial charge in [-0.05, 0) is 6.72 Å². The lowest BCUT2D eigenvalue weighted by atomic mass is 10.8. The third-order valence-electron chi connectivity index (χ3n) is 0.619. The van der Waals surface area contributed by atoms with Gasteiger partial charge in [-0.25, -0.2) is 0 Å². The molecule has 0 aliphatic rings. The highest BCUT2D eigenvalue weighted by Crippen LogP contribution is 1.97. The highest BCUT2D eigenvalue weighted by Gasteiger charge is 1.93. The summed E-state index contributed by atoms with van der Waals surface area (Å²) in [6.07, 6.45) is 0. The summed E-state index contributed by atoms with van der Waals surface area (Å²) in [5.74, 6) is 0.134. The number of hydrogen-bond acceptors (Lipinski definition) is 3. The first-order valence-corrected chi connectivity index (χ1v) is 3.65. The van der Waals surface area contributed by atoms with E-state index in [1.165, 1.54) is 11.8 Å². The lowest BCUT2D eigenvalue weighted by Gasteiger charge is -1.91. The number of aliphatic carboxylic acids is 1. The van der Waals surface area contributed by atoms with Crippen LogP contribution in [0.2, 0.25) is 0 Å². The Morgan fingerprint density at radius 3 is 2.89 bits per heavy atom. The van der Waals surface area contributed by atoms with Crippen molar-refractivity contribution in [3.63, 3.8) is 0 Å². The third kappa shape index (κ3) is 7.49. The van der Waals surface area contributed by atoms with Gasteiger partial charge in [0, 0.05) is 12.3 Å². The number of nitrogens with zero attached hydrogens (tertiary/aromatic N) is 1. The van der Waals surface area contributed by atoms with E-state index in [-0.39, 0.29) is 5.75 Å². The molecule has 3 nitrogen and oxygen atoms in total. The fourth-order valence-electron chi connectivity index (χ4n) is 0.289. The summed E-state index contributed by atoms with van der Waals surface area (Å²) < 4.78 is 0. The van der Waals surface area contributed by atoms with E-state index in [4.69, 9.17) is 5.11 Å². The van der Waals surface area contributed by atoms with Crippen molar-refractivity contribution >= 4 is 24.4 Å². The Morgan fingerprint density at radius 2 is 2.44 bits per heavy atom. The van der Waals surface area contributed by atoms with Gasteiger partial charge in [-0.15, -0.1) is 11.8 Å². The maximum atomic E-state index is 9.90. The molecule has 9 heavy (non-hydrogen) atoms. The molecule has 0 aromatic rings. The molecule has 0 amide bonds. The SMILES string of the molecule is C=NCCSCC(=O)O. The Labute approximate surface area is 58.2 Å². The molecule has 0 aromatic carbocycles. The lowest BCUT2D eigenvalue weighted by molar-refractivity contribution is -0.133. The Hall–Kier alpha value is -0.510. The smallest absolute Gasteiger partial charge is 0.313 e. The molecule has 0 spiro atoms. The average molecular weight is 147 g/mol. The number of hydrogen-bond donors (Lipinski definition) is 1. The minimum atomic E-state index is -0.774. The van der Waals surface area contributed by atoms with Crippen molar-refractivity contribution in [2.45, 2.75) is 0 Å². The summed E-state index contributed by atoms with van der Waals surface area (Å²) in [5, 5.41) is 8.15. The van der Waals surface area contributed by atoms with Gasteiger partial charge in [-0.2, -0.15) is 0 Å². The molecule has 0 heterocycles. The molecule has 0 atom stereocenters. The van der Waals surface area contributed by atoms with E-state index in [0.717, 1.165) is 5.75 Å². The highest BCUT2D eigenvalue weighted by atomic mass is 32.2. The van der Waals surface area contributed by atoms with Crippen LogP contribution < -0.4 is 0 Å². The van der Waals surface area contributed by atoms with Crippen molar-refractivity contribution < 1.29 is 9.90 Å². The zero-order valence-electron chi connectivity index (χ0n) is 5.04. The number of rotatable bonds is 5. The predicted molar refractivity (Wildman–Crippen MR) is 39.4 cm³/mol. The van der Waals surface area contributed by atoms with Crippen LogP contribution >= 0.6 is 11.8 Å². The predicted octanol–water partition coefficient (Wildman–Crippen LogP) is 0.505. The first-order chi connectivity index (χ1) is 4.27. The summed E-state index contributed by atoms with van der Waals surface area (Å²) >= 11 is 1.35. The summed E-state index contributed by atoms with van der Waals surface area (Å²) in [6, 6.07) is 0. The molecule has 52 valence electrons. The van der Waals surface area contributed by atoms with Crippen molar-refractivity contribution in [1.82, 2.24) is 0 Å². The second-order valence-electron chi connectivity index (χ2n) is 1.39. The Morgan fingerprint density at radius 1 is 1.78 bits per heavy atom. The van der Waals surface area contributed by atoms with E-state index in [1.807, 2.05) is 0 Å². The third-order valence-corrected chi connectivity index (χ3v) is 1.54. The van der Waals surface area contributed by atoms with Gasteiger partial charge in [-0.3, -0.25) is 4.79 Å². The first kappa shape index (κ1) is 8.49. The van der Waals surface area contributed by atoms with E-state index in [2.05, 4.69) is 11.7 Å². The first-order valence-electron chi connectivity index (χ1n) is 2.49. The molecule has 0 unspecified atom stereocenters. The van der Waals surface area contributed by atoms with Crippen LogP contribution in [0.5, 0.6) is 0 Å². The molecule has 0 aromatic heterocycles. The number of carboxylic acid groups (broad SMARTS) is 1. The second-order valence-corrected chi connectivity index (χ2v) is 2.50. The normalized spacial score (nSPS) is 8.89. The lowest BCUT2D eigenvalue weighted by Crippen LogP contribution is -1.99. The molecular weight excluding hydrogens is 138 g/mol. The van der Waals surface area contributed by atoms with Crippen LogP contribution in [0.25, 0.3) is 0 Å². The van der Waals surface area contributed by atoms with Crippen LogP contribution in [-0.2, 0) is 4.79 Å². The monoisotopic (exact) mass is 147 g/mol. The average Bonchev–Trinajstić information content (AvgIpc) is 1.80. The molecule has 0 fully saturated rings. The van der Waals surface area contributed by atoms with Gasteiger partial charge < -0.3 is 10.1 Å². The van der Waals surface area contributed by atoms with Crippen LogP contribution in [-0.4, -0.2) is 35.8 Å². The molecule has 4 heteroatoms. The number of carbonyl (C=O) groups is 1. The van der Waals surface area contributed by atoms with Gasteiger partial charge in [0.1, 0.15) is 0 Å². The van der Waals surface area contributed by atoms with Crippen LogP contribution in [0.1, 0.15) is 0 Å². The van der Waals surface area contributed by atoms with Gasteiger partial charge >= 0.3 is 5.97 Å². The van der Waals surface area contributed by atoms with Gasteiger partial charge in [-0.1, -0.05) is 0 Å². The number of carboxylic acids is 1. The van der Waals surface area contributed by atoms with Crippen molar-refractivity contribution in [1.29, 1.82) is 0 Å².